The smallest absolute Gasteiger partial charge is 0.121 e. The van der Waals surface area contributed by atoms with Crippen molar-refractivity contribution in [3.8, 4) is 0 Å². The van der Waals surface area contributed by atoms with Crippen LogP contribution in [0, 0.1) is 5.41 Å². The van der Waals surface area contributed by atoms with Crippen LogP contribution in [0.1, 0.15) is 54.4 Å². The van der Waals surface area contributed by atoms with Gasteiger partial charge >= 0.3 is 0 Å². The average molecular weight is 411 g/mol. The summed E-state index contributed by atoms with van der Waals surface area (Å²) < 4.78 is 6.19. The second kappa shape index (κ2) is 9.91. The maximum Gasteiger partial charge on any atom is 0.121 e. The molecule has 1 aliphatic carbocycles. The SMILES string of the molecule is CC(C=CC=C(C)C=CC12OC1(C)CC(O)CC2(C)C)=CC=CC=CC(C)=CCO. The van der Waals surface area contributed by atoms with Crippen LogP contribution in [0.4, 0.5) is 0 Å². The lowest BCUT2D eigenvalue weighted by atomic mass is 9.63. The summed E-state index contributed by atoms with van der Waals surface area (Å²) in [5.41, 5.74) is 2.75. The standard InChI is InChI=1S/C27H38O3/c1-21(11-8-7-9-12-23(3)16-18-28)13-10-14-22(2)15-17-27-25(4,5)19-24(29)20-26(27,6)30-27/h7-17,24,28-29H,18-20H2,1-6H3. The van der Waals surface area contributed by atoms with Crippen molar-refractivity contribution >= 4 is 0 Å². The zero-order valence-corrected chi connectivity index (χ0v) is 19.4. The fraction of sp³-hybridized carbons (Fsp3) is 0.481. The summed E-state index contributed by atoms with van der Waals surface area (Å²) in [6.07, 6.45) is 23.5. The first kappa shape index (κ1) is 24.3. The van der Waals surface area contributed by atoms with Gasteiger partial charge in [-0.3, -0.25) is 0 Å². The third kappa shape index (κ3) is 5.81. The molecule has 1 saturated heterocycles. The molecule has 164 valence electrons. The summed E-state index contributed by atoms with van der Waals surface area (Å²) in [7, 11) is 0. The van der Waals surface area contributed by atoms with Gasteiger partial charge in [0.15, 0.2) is 0 Å². The van der Waals surface area contributed by atoms with Gasteiger partial charge in [-0.1, -0.05) is 91.3 Å². The molecule has 1 aliphatic heterocycles. The highest BCUT2D eigenvalue weighted by atomic mass is 16.6. The number of epoxide rings is 1. The van der Waals surface area contributed by atoms with Crippen LogP contribution >= 0.6 is 0 Å². The Balaban J connectivity index is 1.94. The molecule has 0 aromatic rings. The van der Waals surface area contributed by atoms with Crippen LogP contribution in [0.25, 0.3) is 0 Å². The Morgan fingerprint density at radius 3 is 2.17 bits per heavy atom. The Labute approximate surface area is 182 Å². The number of hydrogen-bond acceptors (Lipinski definition) is 3. The summed E-state index contributed by atoms with van der Waals surface area (Å²) in [5.74, 6) is 0. The van der Waals surface area contributed by atoms with Crippen LogP contribution in [0.2, 0.25) is 0 Å². The van der Waals surface area contributed by atoms with Gasteiger partial charge in [0.05, 0.1) is 12.7 Å². The minimum absolute atomic E-state index is 0.0695. The summed E-state index contributed by atoms with van der Waals surface area (Å²) in [6.45, 7) is 12.7. The monoisotopic (exact) mass is 410 g/mol. The van der Waals surface area contributed by atoms with Crippen molar-refractivity contribution in [3.05, 3.63) is 83.6 Å². The molecule has 2 fully saturated rings. The number of hydrogen-bond donors (Lipinski definition) is 2. The predicted octanol–water partition coefficient (Wildman–Crippen LogP) is 5.75. The number of rotatable bonds is 8. The van der Waals surface area contributed by atoms with Crippen LogP contribution in [-0.4, -0.2) is 34.1 Å². The number of fused-ring (bicyclic) bond motifs is 1. The number of allylic oxidation sites excluding steroid dienone is 12. The Kier molecular flexibility index (Phi) is 8.04. The predicted molar refractivity (Wildman–Crippen MR) is 126 cm³/mol. The molecule has 3 unspecified atom stereocenters. The zero-order chi connectivity index (χ0) is 22.4. The molecule has 0 amide bonds. The molecule has 2 aliphatic rings. The second-order valence-electron chi connectivity index (χ2n) is 9.40. The first-order chi connectivity index (χ1) is 14.1. The Bertz CT molecular complexity index is 819. The van der Waals surface area contributed by atoms with E-state index in [1.165, 1.54) is 0 Å². The minimum atomic E-state index is -0.283. The Hall–Kier alpha value is -1.94. The lowest BCUT2D eigenvalue weighted by Crippen LogP contribution is -2.46. The van der Waals surface area contributed by atoms with Crippen molar-refractivity contribution in [1.29, 1.82) is 0 Å². The van der Waals surface area contributed by atoms with E-state index in [9.17, 15) is 5.11 Å². The average Bonchev–Trinajstić information content (AvgIpc) is 3.25. The third-order valence-electron chi connectivity index (χ3n) is 6.16. The van der Waals surface area contributed by atoms with Crippen molar-refractivity contribution in [3.63, 3.8) is 0 Å². The highest BCUT2D eigenvalue weighted by Gasteiger charge is 2.74. The minimum Gasteiger partial charge on any atom is -0.393 e. The van der Waals surface area contributed by atoms with Crippen molar-refractivity contribution in [2.24, 2.45) is 5.41 Å². The van der Waals surface area contributed by atoms with Gasteiger partial charge < -0.3 is 14.9 Å². The quantitative estimate of drug-likeness (QED) is 0.396. The van der Waals surface area contributed by atoms with Crippen LogP contribution in [0.15, 0.2) is 83.6 Å². The first-order valence-electron chi connectivity index (χ1n) is 10.8. The van der Waals surface area contributed by atoms with Crippen molar-refractivity contribution in [2.45, 2.75) is 71.7 Å². The number of aliphatic hydroxyl groups is 2. The van der Waals surface area contributed by atoms with Crippen molar-refractivity contribution in [2.75, 3.05) is 6.61 Å². The van der Waals surface area contributed by atoms with Crippen molar-refractivity contribution < 1.29 is 14.9 Å². The summed E-state index contributed by atoms with van der Waals surface area (Å²) in [4.78, 5) is 0. The van der Waals surface area contributed by atoms with Crippen LogP contribution in [-0.2, 0) is 4.74 Å². The van der Waals surface area contributed by atoms with Gasteiger partial charge in [-0.05, 0) is 40.2 Å². The Morgan fingerprint density at radius 1 is 0.867 bits per heavy atom. The molecule has 3 atom stereocenters. The van der Waals surface area contributed by atoms with E-state index in [0.717, 1.165) is 23.1 Å². The molecule has 30 heavy (non-hydrogen) atoms. The molecule has 1 heterocycles. The third-order valence-corrected chi connectivity index (χ3v) is 6.16. The summed E-state index contributed by atoms with van der Waals surface area (Å²) in [6, 6.07) is 0. The maximum atomic E-state index is 10.2. The molecule has 2 rings (SSSR count). The van der Waals surface area contributed by atoms with E-state index in [-0.39, 0.29) is 29.3 Å². The van der Waals surface area contributed by atoms with Gasteiger partial charge in [0.2, 0.25) is 0 Å². The van der Waals surface area contributed by atoms with E-state index in [1.54, 1.807) is 6.08 Å². The van der Waals surface area contributed by atoms with E-state index in [0.29, 0.717) is 6.42 Å². The molecular weight excluding hydrogens is 372 g/mol. The molecule has 0 bridgehead atoms. The summed E-state index contributed by atoms with van der Waals surface area (Å²) in [5, 5.41) is 19.0. The van der Waals surface area contributed by atoms with E-state index in [4.69, 9.17) is 9.84 Å². The molecule has 3 nitrogen and oxygen atoms in total. The number of ether oxygens (including phenoxy) is 1. The lowest BCUT2D eigenvalue weighted by molar-refractivity contribution is 0.0515. The number of aliphatic hydroxyl groups excluding tert-OH is 2. The van der Waals surface area contributed by atoms with Crippen LogP contribution < -0.4 is 0 Å². The molecule has 2 N–H and O–H groups in total. The lowest BCUT2D eigenvalue weighted by Gasteiger charge is -2.39. The van der Waals surface area contributed by atoms with Gasteiger partial charge in [0, 0.05) is 11.8 Å². The van der Waals surface area contributed by atoms with E-state index in [2.05, 4.69) is 71.1 Å². The highest BCUT2D eigenvalue weighted by molar-refractivity contribution is 5.36. The molecular formula is C27H38O3. The second-order valence-corrected chi connectivity index (χ2v) is 9.40. The normalized spacial score (nSPS) is 32.7. The van der Waals surface area contributed by atoms with Gasteiger partial charge in [0.1, 0.15) is 11.2 Å². The van der Waals surface area contributed by atoms with Gasteiger partial charge in [0.25, 0.3) is 0 Å². The largest absolute Gasteiger partial charge is 0.393 e. The van der Waals surface area contributed by atoms with Crippen LogP contribution in [0.3, 0.4) is 0 Å². The topological polar surface area (TPSA) is 53.0 Å². The maximum absolute atomic E-state index is 10.2. The van der Waals surface area contributed by atoms with Gasteiger partial charge in [-0.15, -0.1) is 0 Å². The fourth-order valence-electron chi connectivity index (χ4n) is 4.48. The summed E-state index contributed by atoms with van der Waals surface area (Å²) >= 11 is 0. The fourth-order valence-corrected chi connectivity index (χ4v) is 4.48. The molecule has 3 heteroatoms. The highest BCUT2D eigenvalue weighted by Crippen LogP contribution is 2.66. The molecule has 0 aromatic heterocycles. The van der Waals surface area contributed by atoms with Crippen LogP contribution in [0.5, 0.6) is 0 Å². The molecule has 0 spiro atoms. The van der Waals surface area contributed by atoms with Gasteiger partial charge in [-0.2, -0.15) is 0 Å². The zero-order valence-electron chi connectivity index (χ0n) is 19.4. The first-order valence-corrected chi connectivity index (χ1v) is 10.8. The van der Waals surface area contributed by atoms with Crippen molar-refractivity contribution in [1.82, 2.24) is 0 Å². The molecule has 0 radical (unpaired) electrons. The van der Waals surface area contributed by atoms with E-state index >= 15 is 0 Å². The van der Waals surface area contributed by atoms with E-state index < -0.39 is 0 Å². The van der Waals surface area contributed by atoms with E-state index in [1.807, 2.05) is 31.2 Å². The Morgan fingerprint density at radius 2 is 1.50 bits per heavy atom. The molecule has 1 saturated carbocycles. The molecule has 0 aromatic carbocycles. The van der Waals surface area contributed by atoms with Gasteiger partial charge in [-0.25, -0.2) is 0 Å².